The maximum atomic E-state index is 13.9. The van der Waals surface area contributed by atoms with Crippen molar-refractivity contribution in [3.63, 3.8) is 0 Å². The topological polar surface area (TPSA) is 91.9 Å². The number of amides is 1. The van der Waals surface area contributed by atoms with Crippen molar-refractivity contribution in [3.05, 3.63) is 89.5 Å². The molecule has 4 aromatic carbocycles. The van der Waals surface area contributed by atoms with E-state index in [9.17, 15) is 14.7 Å². The standard InChI is InChI=1S/C33H29ClN2O5/c1-20-3-2-4-26-30(38)17-29-32(31(20)26)24(18-34)19-36(29)33(39)23-6-5-22-15-27(35-28(22)16-23)21-7-9-25(10-8-21)41-14-13-40-12-11-37/h2-11,15-17,24,35,38H,12-14,18-19H2,1H3. The number of phenols is 1. The van der Waals surface area contributed by atoms with Gasteiger partial charge in [0.25, 0.3) is 5.91 Å². The van der Waals surface area contributed by atoms with Gasteiger partial charge in [0, 0.05) is 52.0 Å². The van der Waals surface area contributed by atoms with Crippen LogP contribution in [0.1, 0.15) is 27.4 Å². The van der Waals surface area contributed by atoms with Crippen LogP contribution in [0.15, 0.2) is 72.8 Å². The van der Waals surface area contributed by atoms with Crippen molar-refractivity contribution >= 4 is 51.2 Å². The van der Waals surface area contributed by atoms with Crippen molar-refractivity contribution in [1.29, 1.82) is 0 Å². The van der Waals surface area contributed by atoms with E-state index in [0.29, 0.717) is 48.9 Å². The van der Waals surface area contributed by atoms with Crippen molar-refractivity contribution in [3.8, 4) is 22.8 Å². The maximum absolute atomic E-state index is 13.9. The van der Waals surface area contributed by atoms with Crippen LogP contribution in [0.4, 0.5) is 5.69 Å². The highest BCUT2D eigenvalue weighted by atomic mass is 35.5. The zero-order valence-electron chi connectivity index (χ0n) is 22.5. The summed E-state index contributed by atoms with van der Waals surface area (Å²) in [4.78, 5) is 29.3. The van der Waals surface area contributed by atoms with Gasteiger partial charge in [-0.05, 0) is 71.5 Å². The minimum absolute atomic E-state index is 0.0311. The molecule has 1 aromatic heterocycles. The van der Waals surface area contributed by atoms with Gasteiger partial charge in [-0.3, -0.25) is 4.79 Å². The van der Waals surface area contributed by atoms with E-state index in [0.717, 1.165) is 44.1 Å². The molecule has 1 aliphatic rings. The first-order valence-corrected chi connectivity index (χ1v) is 14.0. The first-order valence-electron chi connectivity index (χ1n) is 13.5. The zero-order valence-corrected chi connectivity index (χ0v) is 23.3. The molecule has 7 nitrogen and oxygen atoms in total. The van der Waals surface area contributed by atoms with Crippen molar-refractivity contribution in [2.24, 2.45) is 0 Å². The second kappa shape index (κ2) is 11.3. The fraction of sp³-hybridized carbons (Fsp3) is 0.212. The number of aromatic amines is 1. The molecule has 2 heterocycles. The molecule has 1 aliphatic heterocycles. The summed E-state index contributed by atoms with van der Waals surface area (Å²) in [5.41, 5.74) is 6.08. The first-order chi connectivity index (χ1) is 20.0. The van der Waals surface area contributed by atoms with Crippen molar-refractivity contribution < 1.29 is 24.2 Å². The van der Waals surface area contributed by atoms with Crippen molar-refractivity contribution in [2.75, 3.05) is 37.1 Å². The van der Waals surface area contributed by atoms with Crippen LogP contribution >= 0.6 is 11.6 Å². The molecule has 0 saturated heterocycles. The predicted molar refractivity (Wildman–Crippen MR) is 162 cm³/mol. The van der Waals surface area contributed by atoms with Crippen LogP contribution in [-0.4, -0.2) is 54.5 Å². The largest absolute Gasteiger partial charge is 0.507 e. The monoisotopic (exact) mass is 568 g/mol. The van der Waals surface area contributed by atoms with Crippen LogP contribution in [0.3, 0.4) is 0 Å². The number of aromatic nitrogens is 1. The summed E-state index contributed by atoms with van der Waals surface area (Å²) in [7, 11) is 0. The number of H-pyrrole nitrogens is 1. The smallest absolute Gasteiger partial charge is 0.258 e. The number of alkyl halides is 1. The molecule has 0 spiro atoms. The number of aryl methyl sites for hydroxylation is 1. The number of benzene rings is 4. The van der Waals surface area contributed by atoms with E-state index in [1.165, 1.54) is 0 Å². The maximum Gasteiger partial charge on any atom is 0.258 e. The molecule has 8 heteroatoms. The second-order valence-electron chi connectivity index (χ2n) is 10.2. The Kier molecular flexibility index (Phi) is 7.39. The molecule has 0 radical (unpaired) electrons. The number of rotatable bonds is 9. The normalized spacial score (nSPS) is 14.5. The van der Waals surface area contributed by atoms with Gasteiger partial charge in [0.1, 0.15) is 31.0 Å². The number of hydrogen-bond acceptors (Lipinski definition) is 5. The van der Waals surface area contributed by atoms with Gasteiger partial charge in [-0.1, -0.05) is 24.3 Å². The minimum atomic E-state index is -0.136. The first kappa shape index (κ1) is 26.9. The molecular formula is C33H29ClN2O5. The molecule has 0 saturated carbocycles. The number of hydrogen-bond donors (Lipinski definition) is 2. The van der Waals surface area contributed by atoms with Gasteiger partial charge in [0.15, 0.2) is 0 Å². The number of nitrogens with one attached hydrogen (secondary N) is 1. The fourth-order valence-electron chi connectivity index (χ4n) is 5.67. The number of aromatic hydroxyl groups is 1. The quantitative estimate of drug-likeness (QED) is 0.119. The Bertz CT molecular complexity index is 1760. The Morgan fingerprint density at radius 2 is 1.93 bits per heavy atom. The third-order valence-corrected chi connectivity index (χ3v) is 7.99. The van der Waals surface area contributed by atoms with E-state index in [1.54, 1.807) is 11.0 Å². The van der Waals surface area contributed by atoms with E-state index in [1.807, 2.05) is 73.7 Å². The molecular weight excluding hydrogens is 540 g/mol. The number of ether oxygens (including phenoxy) is 2. The summed E-state index contributed by atoms with van der Waals surface area (Å²) in [6.45, 7) is 3.24. The van der Waals surface area contributed by atoms with Crippen LogP contribution in [-0.2, 0) is 9.53 Å². The molecule has 208 valence electrons. The van der Waals surface area contributed by atoms with Crippen LogP contribution in [0.5, 0.6) is 11.5 Å². The molecule has 1 unspecified atom stereocenters. The van der Waals surface area contributed by atoms with Crippen molar-refractivity contribution in [2.45, 2.75) is 12.8 Å². The Hall–Kier alpha value is -4.33. The summed E-state index contributed by atoms with van der Waals surface area (Å²) < 4.78 is 10.8. The molecule has 2 N–H and O–H groups in total. The molecule has 5 aromatic rings. The SMILES string of the molecule is Cc1cccc2c(O)cc3c(c12)C(CCl)CN3C(=O)c1ccc2cc(-c3ccc(OCCOCC=O)cc3)[nH]c2c1. The van der Waals surface area contributed by atoms with Gasteiger partial charge in [-0.25, -0.2) is 0 Å². The van der Waals surface area contributed by atoms with Crippen LogP contribution < -0.4 is 9.64 Å². The number of carbonyl (C=O) groups is 2. The number of phenolic OH excluding ortho intramolecular Hbond substituents is 1. The van der Waals surface area contributed by atoms with Gasteiger partial charge in [-0.15, -0.1) is 11.6 Å². The van der Waals surface area contributed by atoms with Gasteiger partial charge in [-0.2, -0.15) is 0 Å². The van der Waals surface area contributed by atoms with Gasteiger partial charge >= 0.3 is 0 Å². The second-order valence-corrected chi connectivity index (χ2v) is 10.5. The average Bonchev–Trinajstić information content (AvgIpc) is 3.58. The molecule has 0 aliphatic carbocycles. The Morgan fingerprint density at radius 1 is 1.10 bits per heavy atom. The minimum Gasteiger partial charge on any atom is -0.507 e. The van der Waals surface area contributed by atoms with Crippen LogP contribution in [0, 0.1) is 6.92 Å². The number of fused-ring (bicyclic) bond motifs is 4. The van der Waals surface area contributed by atoms with Gasteiger partial charge < -0.3 is 29.3 Å². The van der Waals surface area contributed by atoms with Crippen LogP contribution in [0.25, 0.3) is 32.9 Å². The lowest BCUT2D eigenvalue weighted by atomic mass is 9.92. The highest BCUT2D eigenvalue weighted by Gasteiger charge is 2.35. The average molecular weight is 569 g/mol. The van der Waals surface area contributed by atoms with Crippen molar-refractivity contribution in [1.82, 2.24) is 4.98 Å². The number of halogens is 1. The molecule has 41 heavy (non-hydrogen) atoms. The molecule has 0 fully saturated rings. The summed E-state index contributed by atoms with van der Waals surface area (Å²) in [6, 6.07) is 22.9. The lowest BCUT2D eigenvalue weighted by Crippen LogP contribution is -2.30. The van der Waals surface area contributed by atoms with E-state index >= 15 is 0 Å². The third kappa shape index (κ3) is 5.03. The summed E-state index contributed by atoms with van der Waals surface area (Å²) >= 11 is 6.41. The Morgan fingerprint density at radius 3 is 2.71 bits per heavy atom. The summed E-state index contributed by atoms with van der Waals surface area (Å²) in [5.74, 6) is 1.08. The van der Waals surface area contributed by atoms with Gasteiger partial charge in [0.05, 0.1) is 12.3 Å². The Labute approximate surface area is 242 Å². The van der Waals surface area contributed by atoms with E-state index in [2.05, 4.69) is 4.98 Å². The lowest BCUT2D eigenvalue weighted by molar-refractivity contribution is -0.112. The molecule has 0 bridgehead atoms. The summed E-state index contributed by atoms with van der Waals surface area (Å²) in [6.07, 6.45) is 0.713. The number of carbonyl (C=O) groups excluding carboxylic acids is 2. The van der Waals surface area contributed by atoms with E-state index in [-0.39, 0.29) is 24.2 Å². The number of aldehydes is 1. The van der Waals surface area contributed by atoms with Crippen LogP contribution in [0.2, 0.25) is 0 Å². The van der Waals surface area contributed by atoms with Gasteiger partial charge in [0.2, 0.25) is 0 Å². The predicted octanol–water partition coefficient (Wildman–Crippen LogP) is 6.58. The highest BCUT2D eigenvalue weighted by molar-refractivity contribution is 6.19. The summed E-state index contributed by atoms with van der Waals surface area (Å²) in [5, 5.41) is 13.6. The third-order valence-electron chi connectivity index (χ3n) is 7.62. The Balaban J connectivity index is 1.26. The number of nitrogens with zero attached hydrogens (tertiary/aromatic N) is 1. The molecule has 1 atom stereocenters. The zero-order chi connectivity index (χ0) is 28.5. The fourth-order valence-corrected chi connectivity index (χ4v) is 5.92. The number of anilines is 1. The molecule has 6 rings (SSSR count). The van der Waals surface area contributed by atoms with E-state index in [4.69, 9.17) is 21.1 Å². The van der Waals surface area contributed by atoms with E-state index < -0.39 is 0 Å². The molecule has 1 amide bonds. The highest BCUT2D eigenvalue weighted by Crippen LogP contribution is 2.46. The lowest BCUT2D eigenvalue weighted by Gasteiger charge is -2.19.